The van der Waals surface area contributed by atoms with Crippen LogP contribution in [0.25, 0.3) is 0 Å². The second-order valence-corrected chi connectivity index (χ2v) is 7.89. The summed E-state index contributed by atoms with van der Waals surface area (Å²) >= 11 is 1.92. The molecular weight excluding hydrogens is 350 g/mol. The van der Waals surface area contributed by atoms with Crippen molar-refractivity contribution in [3.63, 3.8) is 0 Å². The Balaban J connectivity index is 2.03. The molecule has 2 aliphatic heterocycles. The first kappa shape index (κ1) is 18.8. The molecule has 26 heavy (non-hydrogen) atoms. The van der Waals surface area contributed by atoms with Gasteiger partial charge in [-0.1, -0.05) is 23.8 Å². The third-order valence-corrected chi connectivity index (χ3v) is 5.73. The lowest BCUT2D eigenvalue weighted by atomic mass is 9.91. The summed E-state index contributed by atoms with van der Waals surface area (Å²) in [5.74, 6) is 1.71. The highest BCUT2D eigenvalue weighted by Gasteiger charge is 2.34. The van der Waals surface area contributed by atoms with Crippen LogP contribution in [0.15, 0.2) is 29.5 Å². The van der Waals surface area contributed by atoms with Gasteiger partial charge < -0.3 is 15.4 Å². The Kier molecular flexibility index (Phi) is 5.88. The number of nitrogens with zero attached hydrogens (tertiary/aromatic N) is 1. The summed E-state index contributed by atoms with van der Waals surface area (Å²) in [7, 11) is 1.38. The molecule has 0 unspecified atom stereocenters. The maximum atomic E-state index is 12.6. The molecule has 0 radical (unpaired) electrons. The number of aryl methyl sites for hydroxylation is 2. The smallest absolute Gasteiger partial charge is 0.338 e. The van der Waals surface area contributed by atoms with Gasteiger partial charge in [0, 0.05) is 36.8 Å². The van der Waals surface area contributed by atoms with Crippen molar-refractivity contribution in [2.45, 2.75) is 19.9 Å². The van der Waals surface area contributed by atoms with E-state index in [1.165, 1.54) is 7.11 Å². The van der Waals surface area contributed by atoms with Crippen molar-refractivity contribution < 1.29 is 14.3 Å². The molecule has 0 aliphatic carbocycles. The van der Waals surface area contributed by atoms with Crippen molar-refractivity contribution in [2.24, 2.45) is 0 Å². The Morgan fingerprint density at radius 1 is 1.31 bits per heavy atom. The average Bonchev–Trinajstić information content (AvgIpc) is 2.63. The minimum Gasteiger partial charge on any atom is -0.466 e. The minimum atomic E-state index is -0.509. The topological polar surface area (TPSA) is 70.7 Å². The largest absolute Gasteiger partial charge is 0.466 e. The third-order valence-electron chi connectivity index (χ3n) is 4.79. The number of carbonyl (C=O) groups is 2. The molecule has 1 aromatic rings. The summed E-state index contributed by atoms with van der Waals surface area (Å²) < 4.78 is 5.06. The summed E-state index contributed by atoms with van der Waals surface area (Å²) in [6.45, 7) is 6.42. The summed E-state index contributed by atoms with van der Waals surface area (Å²) in [6, 6.07) is 5.25. The van der Waals surface area contributed by atoms with Gasteiger partial charge in [-0.05, 0) is 25.0 Å². The number of esters is 1. The van der Waals surface area contributed by atoms with Gasteiger partial charge >= 0.3 is 12.0 Å². The van der Waals surface area contributed by atoms with Crippen LogP contribution in [0.3, 0.4) is 0 Å². The van der Waals surface area contributed by atoms with Crippen molar-refractivity contribution in [3.05, 3.63) is 46.2 Å². The van der Waals surface area contributed by atoms with E-state index >= 15 is 0 Å². The molecule has 6 nitrogen and oxygen atoms in total. The molecule has 0 aromatic heterocycles. The first-order chi connectivity index (χ1) is 12.5. The quantitative estimate of drug-likeness (QED) is 0.789. The number of carbonyl (C=O) groups excluding carboxylic acids is 2. The van der Waals surface area contributed by atoms with Crippen LogP contribution in [-0.2, 0) is 9.53 Å². The van der Waals surface area contributed by atoms with Crippen LogP contribution in [0.1, 0.15) is 22.7 Å². The van der Waals surface area contributed by atoms with Crippen LogP contribution < -0.4 is 10.6 Å². The Morgan fingerprint density at radius 3 is 2.73 bits per heavy atom. The van der Waals surface area contributed by atoms with Gasteiger partial charge in [-0.15, -0.1) is 0 Å². The first-order valence-corrected chi connectivity index (χ1v) is 9.91. The number of ether oxygens (including phenoxy) is 1. The lowest BCUT2D eigenvalue weighted by Gasteiger charge is -2.33. The molecule has 2 N–H and O–H groups in total. The van der Waals surface area contributed by atoms with Gasteiger partial charge in [-0.2, -0.15) is 11.8 Å². The van der Waals surface area contributed by atoms with Crippen LogP contribution in [-0.4, -0.2) is 55.2 Å². The van der Waals surface area contributed by atoms with Crippen LogP contribution in [0.2, 0.25) is 0 Å². The van der Waals surface area contributed by atoms with Gasteiger partial charge in [0.25, 0.3) is 0 Å². The predicted molar refractivity (Wildman–Crippen MR) is 103 cm³/mol. The Hall–Kier alpha value is -1.99. The number of methoxy groups -OCH3 is 1. The normalized spacial score (nSPS) is 21.2. The molecule has 2 amide bonds. The molecule has 0 bridgehead atoms. The molecule has 2 heterocycles. The molecule has 3 rings (SSSR count). The van der Waals surface area contributed by atoms with Gasteiger partial charge in [0.05, 0.1) is 18.7 Å². The molecule has 2 aliphatic rings. The summed E-state index contributed by atoms with van der Waals surface area (Å²) in [5.41, 5.74) is 4.15. The number of amides is 2. The number of nitrogens with one attached hydrogen (secondary N) is 2. The Bertz CT molecular complexity index is 742. The number of rotatable bonds is 4. The van der Waals surface area contributed by atoms with Crippen molar-refractivity contribution in [3.8, 4) is 0 Å². The maximum absolute atomic E-state index is 12.6. The van der Waals surface area contributed by atoms with E-state index in [4.69, 9.17) is 4.74 Å². The maximum Gasteiger partial charge on any atom is 0.338 e. The van der Waals surface area contributed by atoms with E-state index in [-0.39, 0.29) is 6.03 Å². The van der Waals surface area contributed by atoms with Crippen LogP contribution in [0, 0.1) is 13.8 Å². The van der Waals surface area contributed by atoms with E-state index in [9.17, 15) is 9.59 Å². The monoisotopic (exact) mass is 375 g/mol. The molecule has 1 aromatic carbocycles. The highest BCUT2D eigenvalue weighted by atomic mass is 32.2. The third kappa shape index (κ3) is 4.04. The number of urea groups is 1. The molecule has 0 saturated carbocycles. The SMILES string of the molecule is COC(=O)C1=C(CN2CCSCC2)NC(=O)N[C@@H]1c1cc(C)ccc1C. The van der Waals surface area contributed by atoms with E-state index < -0.39 is 12.0 Å². The average molecular weight is 375 g/mol. The molecule has 0 spiro atoms. The Labute approximate surface area is 158 Å². The lowest BCUT2D eigenvalue weighted by Crippen LogP contribution is -2.49. The summed E-state index contributed by atoms with van der Waals surface area (Å²) in [4.78, 5) is 27.2. The molecule has 1 fully saturated rings. The second-order valence-electron chi connectivity index (χ2n) is 6.66. The molecule has 7 heteroatoms. The fraction of sp³-hybridized carbons (Fsp3) is 0.474. The Morgan fingerprint density at radius 2 is 2.04 bits per heavy atom. The summed E-state index contributed by atoms with van der Waals surface area (Å²) in [6.07, 6.45) is 0. The van der Waals surface area contributed by atoms with Crippen LogP contribution >= 0.6 is 11.8 Å². The van der Waals surface area contributed by atoms with Crippen molar-refractivity contribution in [1.29, 1.82) is 0 Å². The zero-order chi connectivity index (χ0) is 18.7. The van der Waals surface area contributed by atoms with Crippen molar-refractivity contribution in [1.82, 2.24) is 15.5 Å². The molecule has 1 saturated heterocycles. The fourth-order valence-electron chi connectivity index (χ4n) is 3.38. The van der Waals surface area contributed by atoms with Gasteiger partial charge in [0.1, 0.15) is 0 Å². The van der Waals surface area contributed by atoms with Crippen LogP contribution in [0.5, 0.6) is 0 Å². The van der Waals surface area contributed by atoms with Gasteiger partial charge in [-0.25, -0.2) is 9.59 Å². The lowest BCUT2D eigenvalue weighted by molar-refractivity contribution is -0.136. The van der Waals surface area contributed by atoms with E-state index in [1.54, 1.807) is 0 Å². The predicted octanol–water partition coefficient (Wildman–Crippen LogP) is 2.13. The molecule has 140 valence electrons. The number of hydrogen-bond donors (Lipinski definition) is 2. The van der Waals surface area contributed by atoms with E-state index in [1.807, 2.05) is 43.8 Å². The van der Waals surface area contributed by atoms with Gasteiger partial charge in [-0.3, -0.25) is 4.90 Å². The summed E-state index contributed by atoms with van der Waals surface area (Å²) in [5, 5.41) is 5.74. The zero-order valence-corrected chi connectivity index (χ0v) is 16.2. The van der Waals surface area contributed by atoms with Crippen LogP contribution in [0.4, 0.5) is 4.79 Å². The zero-order valence-electron chi connectivity index (χ0n) is 15.4. The minimum absolute atomic E-state index is 0.287. The van der Waals surface area contributed by atoms with Crippen molar-refractivity contribution >= 4 is 23.8 Å². The first-order valence-electron chi connectivity index (χ1n) is 8.75. The molecular formula is C19H25N3O3S. The standard InChI is InChI=1S/C19H25N3O3S/c1-12-4-5-13(2)14(10-12)17-16(18(23)25-3)15(20-19(24)21-17)11-22-6-8-26-9-7-22/h4-5,10,17H,6-9,11H2,1-3H3,(H2,20,21,24)/t17-/m1/s1. The van der Waals surface area contributed by atoms with E-state index in [0.717, 1.165) is 41.3 Å². The number of thioether (sulfide) groups is 1. The van der Waals surface area contributed by atoms with Crippen molar-refractivity contribution in [2.75, 3.05) is 38.2 Å². The highest BCUT2D eigenvalue weighted by Crippen LogP contribution is 2.31. The van der Waals surface area contributed by atoms with Gasteiger partial charge in [0.15, 0.2) is 0 Å². The fourth-order valence-corrected chi connectivity index (χ4v) is 4.36. The second kappa shape index (κ2) is 8.14. The number of hydrogen-bond acceptors (Lipinski definition) is 5. The van der Waals surface area contributed by atoms with Gasteiger partial charge in [0.2, 0.25) is 0 Å². The molecule has 1 atom stereocenters. The van der Waals surface area contributed by atoms with E-state index in [0.29, 0.717) is 17.8 Å². The highest BCUT2D eigenvalue weighted by molar-refractivity contribution is 7.99. The number of benzene rings is 1. The van der Waals surface area contributed by atoms with E-state index in [2.05, 4.69) is 15.5 Å².